The van der Waals surface area contributed by atoms with Gasteiger partial charge in [0.2, 0.25) is 0 Å². The topological polar surface area (TPSA) is 43.4 Å². The number of ketones is 1. The largest absolute Gasteiger partial charge is 0.465 e. The summed E-state index contributed by atoms with van der Waals surface area (Å²) in [5.74, 6) is -0.295. The van der Waals surface area contributed by atoms with Crippen molar-refractivity contribution in [1.82, 2.24) is 0 Å². The first-order valence-corrected chi connectivity index (χ1v) is 5.98. The number of Topliss-reactive ketones (excluding diaryl/α,β-unsaturated/α-hetero) is 1. The van der Waals surface area contributed by atoms with Crippen molar-refractivity contribution in [2.75, 3.05) is 13.0 Å². The number of ether oxygens (including phenoxy) is 1. The smallest absolute Gasteiger partial charge is 0.338 e. The Kier molecular flexibility index (Phi) is 5.45. The number of alkyl halides is 1. The highest BCUT2D eigenvalue weighted by atomic mass is 35.5. The molecule has 0 aromatic heterocycles. The van der Waals surface area contributed by atoms with Gasteiger partial charge in [0.15, 0.2) is 5.78 Å². The average molecular weight is 275 g/mol. The summed E-state index contributed by atoms with van der Waals surface area (Å²) in [6.07, 6.45) is 0.874. The van der Waals surface area contributed by atoms with E-state index in [4.69, 9.17) is 23.2 Å². The third kappa shape index (κ3) is 3.72. The summed E-state index contributed by atoms with van der Waals surface area (Å²) >= 11 is 11.3. The monoisotopic (exact) mass is 274 g/mol. The van der Waals surface area contributed by atoms with E-state index in [0.29, 0.717) is 29.3 Å². The molecular formula is C12H12Cl2O3. The van der Waals surface area contributed by atoms with Crippen molar-refractivity contribution in [3.63, 3.8) is 0 Å². The third-order valence-corrected chi connectivity index (χ3v) is 2.73. The van der Waals surface area contributed by atoms with Gasteiger partial charge in [-0.25, -0.2) is 4.79 Å². The van der Waals surface area contributed by atoms with E-state index < -0.39 is 5.97 Å². The van der Waals surface area contributed by atoms with Crippen LogP contribution in [0.2, 0.25) is 5.02 Å². The van der Waals surface area contributed by atoms with Gasteiger partial charge in [0.1, 0.15) is 0 Å². The summed E-state index contributed by atoms with van der Waals surface area (Å²) in [6.45, 7) is 0. The Labute approximate surface area is 110 Å². The summed E-state index contributed by atoms with van der Waals surface area (Å²) in [6, 6.07) is 4.54. The Bertz CT molecular complexity index is 430. The molecule has 0 amide bonds. The molecule has 1 aromatic carbocycles. The van der Waals surface area contributed by atoms with Crippen molar-refractivity contribution in [1.29, 1.82) is 0 Å². The van der Waals surface area contributed by atoms with Crippen LogP contribution >= 0.6 is 23.2 Å². The molecule has 1 aromatic rings. The molecule has 0 saturated carbocycles. The van der Waals surface area contributed by atoms with Crippen molar-refractivity contribution >= 4 is 35.0 Å². The summed E-state index contributed by atoms with van der Waals surface area (Å²) in [5, 5.41) is 0.388. The van der Waals surface area contributed by atoms with Gasteiger partial charge >= 0.3 is 5.97 Å². The first-order chi connectivity index (χ1) is 8.10. The fraction of sp³-hybridized carbons (Fsp3) is 0.333. The molecule has 3 nitrogen and oxygen atoms in total. The molecule has 0 bridgehead atoms. The molecule has 17 heavy (non-hydrogen) atoms. The fourth-order valence-electron chi connectivity index (χ4n) is 1.40. The number of hydrogen-bond acceptors (Lipinski definition) is 3. The van der Waals surface area contributed by atoms with E-state index in [-0.39, 0.29) is 11.3 Å². The third-order valence-electron chi connectivity index (χ3n) is 2.22. The standard InChI is InChI=1S/C12H12Cl2O3/c1-17-12(16)10-7-8(14)4-5-9(10)11(15)3-2-6-13/h4-5,7H,2-3,6H2,1H3. The molecule has 0 radical (unpaired) electrons. The van der Waals surface area contributed by atoms with Crippen molar-refractivity contribution < 1.29 is 14.3 Å². The number of esters is 1. The van der Waals surface area contributed by atoms with Crippen LogP contribution < -0.4 is 0 Å². The zero-order valence-corrected chi connectivity index (χ0v) is 10.8. The molecular weight excluding hydrogens is 263 g/mol. The van der Waals surface area contributed by atoms with Crippen LogP contribution in [0.3, 0.4) is 0 Å². The molecule has 0 unspecified atom stereocenters. The van der Waals surface area contributed by atoms with Crippen LogP contribution in [0.25, 0.3) is 0 Å². The molecule has 0 spiro atoms. The van der Waals surface area contributed by atoms with Crippen LogP contribution in [0.4, 0.5) is 0 Å². The van der Waals surface area contributed by atoms with Gasteiger partial charge in [0.25, 0.3) is 0 Å². The molecule has 0 atom stereocenters. The van der Waals surface area contributed by atoms with E-state index in [1.807, 2.05) is 0 Å². The average Bonchev–Trinajstić information content (AvgIpc) is 2.34. The van der Waals surface area contributed by atoms with Gasteiger partial charge in [0.05, 0.1) is 12.7 Å². The molecule has 0 aliphatic heterocycles. The lowest BCUT2D eigenvalue weighted by Crippen LogP contribution is -2.10. The number of benzene rings is 1. The highest BCUT2D eigenvalue weighted by Crippen LogP contribution is 2.19. The highest BCUT2D eigenvalue weighted by molar-refractivity contribution is 6.31. The number of carbonyl (C=O) groups excluding carboxylic acids is 2. The molecule has 0 fully saturated rings. The maximum atomic E-state index is 11.8. The quantitative estimate of drug-likeness (QED) is 0.470. The number of methoxy groups -OCH3 is 1. The van der Waals surface area contributed by atoms with Gasteiger partial charge < -0.3 is 4.74 Å². The molecule has 1 rings (SSSR count). The van der Waals surface area contributed by atoms with Crippen LogP contribution in [-0.4, -0.2) is 24.7 Å². The summed E-state index contributed by atoms with van der Waals surface area (Å²) in [5.41, 5.74) is 0.519. The maximum absolute atomic E-state index is 11.8. The summed E-state index contributed by atoms with van der Waals surface area (Å²) < 4.78 is 4.61. The van der Waals surface area contributed by atoms with Gasteiger partial charge in [-0.1, -0.05) is 11.6 Å². The van der Waals surface area contributed by atoms with E-state index in [0.717, 1.165) is 0 Å². The van der Waals surface area contributed by atoms with Crippen LogP contribution in [0.15, 0.2) is 18.2 Å². The van der Waals surface area contributed by atoms with Gasteiger partial charge in [-0.2, -0.15) is 0 Å². The molecule has 92 valence electrons. The lowest BCUT2D eigenvalue weighted by Gasteiger charge is -2.07. The predicted octanol–water partition coefficient (Wildman–Crippen LogP) is 3.33. The maximum Gasteiger partial charge on any atom is 0.338 e. The van der Waals surface area contributed by atoms with Crippen LogP contribution in [0, 0.1) is 0 Å². The lowest BCUT2D eigenvalue weighted by atomic mass is 10.0. The first-order valence-electron chi connectivity index (χ1n) is 5.07. The number of rotatable bonds is 5. The Balaban J connectivity index is 3.05. The predicted molar refractivity (Wildman–Crippen MR) is 67.1 cm³/mol. The van der Waals surface area contributed by atoms with Crippen LogP contribution in [0.1, 0.15) is 33.6 Å². The van der Waals surface area contributed by atoms with Crippen molar-refractivity contribution in [3.05, 3.63) is 34.3 Å². The molecule has 0 saturated heterocycles. The minimum Gasteiger partial charge on any atom is -0.465 e. The summed E-state index contributed by atoms with van der Waals surface area (Å²) in [7, 11) is 1.26. The van der Waals surface area contributed by atoms with Gasteiger partial charge in [0, 0.05) is 22.9 Å². The SMILES string of the molecule is COC(=O)c1cc(Cl)ccc1C(=O)CCCCl. The second-order valence-electron chi connectivity index (χ2n) is 3.40. The van der Waals surface area contributed by atoms with E-state index in [2.05, 4.69) is 4.74 Å². The summed E-state index contributed by atoms with van der Waals surface area (Å²) in [4.78, 5) is 23.4. The van der Waals surface area contributed by atoms with E-state index in [1.54, 1.807) is 6.07 Å². The second-order valence-corrected chi connectivity index (χ2v) is 4.21. The first kappa shape index (κ1) is 14.0. The van der Waals surface area contributed by atoms with Crippen molar-refractivity contribution in [2.45, 2.75) is 12.8 Å². The molecule has 5 heteroatoms. The fourth-order valence-corrected chi connectivity index (χ4v) is 1.71. The molecule has 0 aliphatic rings. The Morgan fingerprint density at radius 2 is 2.00 bits per heavy atom. The highest BCUT2D eigenvalue weighted by Gasteiger charge is 2.17. The Hall–Kier alpha value is -1.06. The lowest BCUT2D eigenvalue weighted by molar-refractivity contribution is 0.0597. The van der Waals surface area contributed by atoms with E-state index in [1.165, 1.54) is 19.2 Å². The number of hydrogen-bond donors (Lipinski definition) is 0. The molecule has 0 N–H and O–H groups in total. The molecule has 0 aliphatic carbocycles. The van der Waals surface area contributed by atoms with Gasteiger partial charge in [-0.3, -0.25) is 4.79 Å². The van der Waals surface area contributed by atoms with E-state index >= 15 is 0 Å². The number of halogens is 2. The van der Waals surface area contributed by atoms with Crippen molar-refractivity contribution in [2.24, 2.45) is 0 Å². The molecule has 0 heterocycles. The second kappa shape index (κ2) is 6.62. The number of carbonyl (C=O) groups is 2. The zero-order valence-electron chi connectivity index (χ0n) is 9.33. The normalized spacial score (nSPS) is 10.1. The van der Waals surface area contributed by atoms with Crippen LogP contribution in [0.5, 0.6) is 0 Å². The van der Waals surface area contributed by atoms with Gasteiger partial charge in [-0.15, -0.1) is 11.6 Å². The van der Waals surface area contributed by atoms with Crippen LogP contribution in [-0.2, 0) is 4.74 Å². The zero-order chi connectivity index (χ0) is 12.8. The van der Waals surface area contributed by atoms with E-state index in [9.17, 15) is 9.59 Å². The minimum atomic E-state index is -0.568. The Morgan fingerprint density at radius 3 is 2.59 bits per heavy atom. The van der Waals surface area contributed by atoms with Gasteiger partial charge in [-0.05, 0) is 24.6 Å². The Morgan fingerprint density at radius 1 is 1.29 bits per heavy atom. The van der Waals surface area contributed by atoms with Crippen molar-refractivity contribution in [3.8, 4) is 0 Å². The minimum absolute atomic E-state index is 0.136.